The van der Waals surface area contributed by atoms with Crippen molar-refractivity contribution < 1.29 is 13.9 Å². The molecule has 1 atom stereocenters. The topological polar surface area (TPSA) is 80.5 Å². The van der Waals surface area contributed by atoms with Gasteiger partial charge in [0.2, 0.25) is 11.6 Å². The van der Waals surface area contributed by atoms with Crippen LogP contribution in [0.15, 0.2) is 22.7 Å². The number of hydrogen-bond acceptors (Lipinski definition) is 6. The zero-order valence-electron chi connectivity index (χ0n) is 12.6. The quantitative estimate of drug-likeness (QED) is 0.836. The molecule has 1 saturated heterocycles. The van der Waals surface area contributed by atoms with E-state index in [0.717, 1.165) is 19.4 Å². The summed E-state index contributed by atoms with van der Waals surface area (Å²) in [7, 11) is 1.62. The second-order valence-electron chi connectivity index (χ2n) is 5.39. The van der Waals surface area contributed by atoms with E-state index >= 15 is 0 Å². The summed E-state index contributed by atoms with van der Waals surface area (Å²) in [6, 6.07) is 4.21. The lowest BCUT2D eigenvalue weighted by atomic mass is 9.97. The van der Waals surface area contributed by atoms with Crippen LogP contribution >= 0.6 is 0 Å². The minimum Gasteiger partial charge on any atom is -0.422 e. The summed E-state index contributed by atoms with van der Waals surface area (Å²) in [6.45, 7) is 2.53. The summed E-state index contributed by atoms with van der Waals surface area (Å²) >= 11 is 0. The summed E-state index contributed by atoms with van der Waals surface area (Å²) in [6.07, 6.45) is 3.51. The van der Waals surface area contributed by atoms with Gasteiger partial charge in [0.05, 0.1) is 12.5 Å². The first-order chi connectivity index (χ1) is 10.8. The number of hydrogen-bond donors (Lipinski definition) is 1. The largest absolute Gasteiger partial charge is 0.422 e. The van der Waals surface area contributed by atoms with E-state index in [2.05, 4.69) is 15.3 Å². The van der Waals surface area contributed by atoms with Gasteiger partial charge in [0, 0.05) is 32.9 Å². The molecule has 118 valence electrons. The lowest BCUT2D eigenvalue weighted by molar-refractivity contribution is -0.125. The zero-order valence-corrected chi connectivity index (χ0v) is 12.6. The lowest BCUT2D eigenvalue weighted by Gasteiger charge is -2.30. The van der Waals surface area contributed by atoms with Crippen LogP contribution in [0.5, 0.6) is 0 Å². The van der Waals surface area contributed by atoms with Crippen LogP contribution < -0.4 is 10.2 Å². The number of oxazole rings is 1. The number of nitrogens with zero attached hydrogens (tertiary/aromatic N) is 3. The van der Waals surface area contributed by atoms with E-state index in [1.807, 2.05) is 17.0 Å². The predicted octanol–water partition coefficient (Wildman–Crippen LogP) is 1.20. The molecule has 2 aromatic rings. The maximum atomic E-state index is 12.2. The van der Waals surface area contributed by atoms with Crippen molar-refractivity contribution in [3.05, 3.63) is 18.3 Å². The fourth-order valence-electron chi connectivity index (χ4n) is 2.68. The predicted molar refractivity (Wildman–Crippen MR) is 81.6 cm³/mol. The smallest absolute Gasteiger partial charge is 0.299 e. The van der Waals surface area contributed by atoms with Gasteiger partial charge in [-0.3, -0.25) is 4.79 Å². The third-order valence-corrected chi connectivity index (χ3v) is 3.82. The van der Waals surface area contributed by atoms with Gasteiger partial charge in [-0.1, -0.05) is 0 Å². The molecule has 1 amide bonds. The Bertz CT molecular complexity index is 610. The first-order valence-corrected chi connectivity index (χ1v) is 7.51. The Morgan fingerprint density at radius 3 is 3.32 bits per heavy atom. The first kappa shape index (κ1) is 14.8. The third kappa shape index (κ3) is 3.19. The van der Waals surface area contributed by atoms with Crippen LogP contribution in [-0.2, 0) is 9.53 Å². The van der Waals surface area contributed by atoms with Gasteiger partial charge in [0.25, 0.3) is 6.01 Å². The number of anilines is 1. The van der Waals surface area contributed by atoms with Crippen LogP contribution in [0.25, 0.3) is 11.2 Å². The summed E-state index contributed by atoms with van der Waals surface area (Å²) in [4.78, 5) is 22.8. The molecule has 7 heteroatoms. The maximum absolute atomic E-state index is 12.2. The Labute approximate surface area is 128 Å². The van der Waals surface area contributed by atoms with Gasteiger partial charge < -0.3 is 19.4 Å². The van der Waals surface area contributed by atoms with Gasteiger partial charge in [-0.05, 0) is 25.0 Å². The molecule has 0 bridgehead atoms. The first-order valence-electron chi connectivity index (χ1n) is 7.51. The molecular weight excluding hydrogens is 284 g/mol. The SMILES string of the molecule is COCCNC(=O)C1CCCN(c2nc3ncccc3o2)C1. The van der Waals surface area contributed by atoms with Gasteiger partial charge in [-0.2, -0.15) is 4.98 Å². The molecule has 3 rings (SSSR count). The number of aromatic nitrogens is 2. The van der Waals surface area contributed by atoms with Crippen LogP contribution in [0.4, 0.5) is 6.01 Å². The number of rotatable bonds is 5. The summed E-state index contributed by atoms with van der Waals surface area (Å²) in [5.74, 6) is 0.0181. The molecule has 2 aromatic heterocycles. The number of pyridine rings is 1. The second kappa shape index (κ2) is 6.74. The van der Waals surface area contributed by atoms with Gasteiger partial charge >= 0.3 is 0 Å². The van der Waals surface area contributed by atoms with Crippen LogP contribution in [0.1, 0.15) is 12.8 Å². The molecule has 1 unspecified atom stereocenters. The van der Waals surface area contributed by atoms with Crippen molar-refractivity contribution in [1.82, 2.24) is 15.3 Å². The minimum atomic E-state index is -0.0476. The van der Waals surface area contributed by atoms with Crippen LogP contribution in [0, 0.1) is 5.92 Å². The van der Waals surface area contributed by atoms with Crippen LogP contribution in [-0.4, -0.2) is 49.2 Å². The van der Waals surface area contributed by atoms with E-state index in [1.165, 1.54) is 0 Å². The van der Waals surface area contributed by atoms with E-state index < -0.39 is 0 Å². The summed E-state index contributed by atoms with van der Waals surface area (Å²) in [5, 5.41) is 2.90. The minimum absolute atomic E-state index is 0.0476. The number of carbonyl (C=O) groups excluding carboxylic acids is 1. The zero-order chi connectivity index (χ0) is 15.4. The molecule has 7 nitrogen and oxygen atoms in total. The maximum Gasteiger partial charge on any atom is 0.299 e. The summed E-state index contributed by atoms with van der Waals surface area (Å²) in [5.41, 5.74) is 1.27. The fourth-order valence-corrected chi connectivity index (χ4v) is 2.68. The van der Waals surface area contributed by atoms with Gasteiger partial charge in [0.15, 0.2) is 5.58 Å². The van der Waals surface area contributed by atoms with Crippen LogP contribution in [0.3, 0.4) is 0 Å². The number of fused-ring (bicyclic) bond motifs is 1. The highest BCUT2D eigenvalue weighted by atomic mass is 16.5. The van der Waals surface area contributed by atoms with E-state index in [0.29, 0.717) is 36.9 Å². The molecule has 1 fully saturated rings. The normalized spacial score (nSPS) is 18.6. The van der Waals surface area contributed by atoms with Gasteiger partial charge in [0.1, 0.15) is 0 Å². The Hall–Kier alpha value is -2.15. The summed E-state index contributed by atoms with van der Waals surface area (Å²) < 4.78 is 10.7. The third-order valence-electron chi connectivity index (χ3n) is 3.82. The van der Waals surface area contributed by atoms with Crippen molar-refractivity contribution in [3.63, 3.8) is 0 Å². The lowest BCUT2D eigenvalue weighted by Crippen LogP contribution is -2.43. The molecule has 0 saturated carbocycles. The Morgan fingerprint density at radius 1 is 1.59 bits per heavy atom. The van der Waals surface area contributed by atoms with E-state index in [9.17, 15) is 4.79 Å². The molecule has 0 radical (unpaired) electrons. The number of carbonyl (C=O) groups is 1. The Balaban J connectivity index is 1.66. The number of methoxy groups -OCH3 is 1. The molecule has 1 N–H and O–H groups in total. The number of ether oxygens (including phenoxy) is 1. The van der Waals surface area contributed by atoms with Crippen molar-refractivity contribution in [2.75, 3.05) is 38.3 Å². The van der Waals surface area contributed by atoms with Crippen LogP contribution in [0.2, 0.25) is 0 Å². The highest BCUT2D eigenvalue weighted by molar-refractivity contribution is 5.79. The van der Waals surface area contributed by atoms with E-state index in [-0.39, 0.29) is 11.8 Å². The van der Waals surface area contributed by atoms with Crippen molar-refractivity contribution in [2.24, 2.45) is 5.92 Å². The molecule has 0 aromatic carbocycles. The Kier molecular flexibility index (Phi) is 4.53. The number of amides is 1. The highest BCUT2D eigenvalue weighted by Gasteiger charge is 2.28. The van der Waals surface area contributed by atoms with E-state index in [4.69, 9.17) is 9.15 Å². The van der Waals surface area contributed by atoms with Crippen molar-refractivity contribution in [3.8, 4) is 0 Å². The van der Waals surface area contributed by atoms with Crippen molar-refractivity contribution in [1.29, 1.82) is 0 Å². The van der Waals surface area contributed by atoms with Gasteiger partial charge in [-0.25, -0.2) is 4.98 Å². The monoisotopic (exact) mass is 304 g/mol. The Morgan fingerprint density at radius 2 is 2.50 bits per heavy atom. The molecule has 1 aliphatic rings. The molecule has 0 aliphatic carbocycles. The van der Waals surface area contributed by atoms with Gasteiger partial charge in [-0.15, -0.1) is 0 Å². The molecular formula is C15H20N4O3. The standard InChI is InChI=1S/C15H20N4O3/c1-21-9-7-17-14(20)11-4-3-8-19(10-11)15-18-13-12(22-15)5-2-6-16-13/h2,5-6,11H,3-4,7-10H2,1H3,(H,17,20). The highest BCUT2D eigenvalue weighted by Crippen LogP contribution is 2.25. The molecule has 3 heterocycles. The molecule has 22 heavy (non-hydrogen) atoms. The fraction of sp³-hybridized carbons (Fsp3) is 0.533. The number of piperidine rings is 1. The number of nitrogens with one attached hydrogen (secondary N) is 1. The average Bonchev–Trinajstić information content (AvgIpc) is 2.99. The molecule has 1 aliphatic heterocycles. The van der Waals surface area contributed by atoms with Crippen molar-refractivity contribution in [2.45, 2.75) is 12.8 Å². The second-order valence-corrected chi connectivity index (χ2v) is 5.39. The van der Waals surface area contributed by atoms with E-state index in [1.54, 1.807) is 13.3 Å². The molecule has 0 spiro atoms. The average molecular weight is 304 g/mol. The van der Waals surface area contributed by atoms with Crippen molar-refractivity contribution >= 4 is 23.2 Å².